The Morgan fingerprint density at radius 1 is 1.06 bits per heavy atom. The first kappa shape index (κ1) is 23.4. The molecule has 8 heteroatoms. The molecule has 0 spiro atoms. The maximum absolute atomic E-state index is 14.2. The Labute approximate surface area is 205 Å². The Kier molecular flexibility index (Phi) is 7.69. The molecule has 33 heavy (non-hydrogen) atoms. The van der Waals surface area contributed by atoms with E-state index in [-0.39, 0.29) is 11.6 Å². The second kappa shape index (κ2) is 10.9. The summed E-state index contributed by atoms with van der Waals surface area (Å²) in [5.74, 6) is 1.14. The Hall–Kier alpha value is -2.81. The van der Waals surface area contributed by atoms with Gasteiger partial charge in [0.1, 0.15) is 5.82 Å². The molecule has 1 fully saturated rings. The van der Waals surface area contributed by atoms with Gasteiger partial charge in [-0.1, -0.05) is 60.4 Å². The van der Waals surface area contributed by atoms with Gasteiger partial charge >= 0.3 is 0 Å². The monoisotopic (exact) mass is 497 g/mol. The summed E-state index contributed by atoms with van der Waals surface area (Å²) >= 11 is 8.19. The van der Waals surface area contributed by atoms with E-state index in [9.17, 15) is 9.18 Å². The zero-order valence-corrected chi connectivity index (χ0v) is 20.1. The van der Waals surface area contributed by atoms with Crippen molar-refractivity contribution in [1.29, 1.82) is 0 Å². The molecule has 0 N–H and O–H groups in total. The number of nitrogens with zero attached hydrogens (tertiary/aromatic N) is 1. The van der Waals surface area contributed by atoms with Crippen molar-refractivity contribution >= 4 is 57.7 Å². The average molecular weight is 498 g/mol. The molecule has 1 saturated heterocycles. The molecule has 0 aromatic heterocycles. The fourth-order valence-corrected chi connectivity index (χ4v) is 5.22. The third kappa shape index (κ3) is 5.58. The van der Waals surface area contributed by atoms with Gasteiger partial charge < -0.3 is 9.47 Å². The number of methoxy groups -OCH3 is 1. The highest BCUT2D eigenvalue weighted by atomic mass is 32.2. The summed E-state index contributed by atoms with van der Waals surface area (Å²) in [6.45, 7) is 0.524. The standard InChI is InChI=1S/C25H20FNO3S3/c1-29-22-15-17(11-12-21(22)30-13-14-32-18-7-3-2-4-8-18)16-23-24(28)27(25(31)33-23)20-10-6-5-9-19(20)26/h2-12,15-16H,13-14H2,1H3. The van der Waals surface area contributed by atoms with E-state index >= 15 is 0 Å². The number of halogens is 1. The normalized spacial score (nSPS) is 14.7. The van der Waals surface area contributed by atoms with Crippen molar-refractivity contribution in [2.75, 3.05) is 24.4 Å². The number of hydrogen-bond donors (Lipinski definition) is 0. The first-order valence-electron chi connectivity index (χ1n) is 10.1. The summed E-state index contributed by atoms with van der Waals surface area (Å²) in [4.78, 5) is 15.7. The zero-order chi connectivity index (χ0) is 23.2. The first-order valence-corrected chi connectivity index (χ1v) is 12.3. The summed E-state index contributed by atoms with van der Waals surface area (Å²) in [5.41, 5.74) is 0.907. The maximum atomic E-state index is 14.2. The average Bonchev–Trinajstić information content (AvgIpc) is 3.11. The number of hydrogen-bond acceptors (Lipinski definition) is 6. The number of anilines is 1. The minimum atomic E-state index is -0.497. The van der Waals surface area contributed by atoms with Gasteiger partial charge in [-0.05, 0) is 48.0 Å². The van der Waals surface area contributed by atoms with Crippen molar-refractivity contribution in [3.05, 3.63) is 89.1 Å². The van der Waals surface area contributed by atoms with Gasteiger partial charge in [0.25, 0.3) is 5.91 Å². The van der Waals surface area contributed by atoms with Gasteiger partial charge in [-0.2, -0.15) is 0 Å². The van der Waals surface area contributed by atoms with Gasteiger partial charge in [-0.3, -0.25) is 9.69 Å². The molecule has 4 nitrogen and oxygen atoms in total. The fraction of sp³-hybridized carbons (Fsp3) is 0.120. The van der Waals surface area contributed by atoms with Gasteiger partial charge in [0.15, 0.2) is 15.8 Å². The Balaban J connectivity index is 1.44. The van der Waals surface area contributed by atoms with Crippen molar-refractivity contribution in [1.82, 2.24) is 0 Å². The number of amides is 1. The quantitative estimate of drug-likeness (QED) is 0.155. The number of benzene rings is 3. The number of rotatable bonds is 8. The van der Waals surface area contributed by atoms with E-state index in [0.717, 1.165) is 23.1 Å². The predicted molar refractivity (Wildman–Crippen MR) is 138 cm³/mol. The van der Waals surface area contributed by atoms with Crippen LogP contribution >= 0.6 is 35.7 Å². The number of ether oxygens (including phenoxy) is 2. The number of carbonyl (C=O) groups excluding carboxylic acids is 1. The largest absolute Gasteiger partial charge is 0.493 e. The van der Waals surface area contributed by atoms with E-state index in [4.69, 9.17) is 21.7 Å². The molecule has 3 aromatic rings. The van der Waals surface area contributed by atoms with E-state index in [2.05, 4.69) is 12.1 Å². The Morgan fingerprint density at radius 3 is 2.58 bits per heavy atom. The summed E-state index contributed by atoms with van der Waals surface area (Å²) in [5, 5.41) is 0. The van der Waals surface area contributed by atoms with E-state index in [0.29, 0.717) is 27.3 Å². The third-order valence-corrected chi connectivity index (χ3v) is 7.00. The molecule has 0 saturated carbocycles. The number of thioether (sulfide) groups is 2. The summed E-state index contributed by atoms with van der Waals surface area (Å²) in [7, 11) is 1.57. The van der Waals surface area contributed by atoms with Crippen LogP contribution in [0.4, 0.5) is 10.1 Å². The molecular formula is C25H20FNO3S3. The lowest BCUT2D eigenvalue weighted by molar-refractivity contribution is -0.113. The summed E-state index contributed by atoms with van der Waals surface area (Å²) < 4.78 is 25.9. The second-order valence-corrected chi connectivity index (χ2v) is 9.73. The van der Waals surface area contributed by atoms with E-state index < -0.39 is 5.82 Å². The van der Waals surface area contributed by atoms with Gasteiger partial charge in [0, 0.05) is 10.6 Å². The number of carbonyl (C=O) groups is 1. The van der Waals surface area contributed by atoms with Gasteiger partial charge in [0.05, 0.1) is 24.3 Å². The van der Waals surface area contributed by atoms with E-state index in [1.807, 2.05) is 30.3 Å². The number of thiocarbonyl (C=S) groups is 1. The Bertz CT molecular complexity index is 1200. The van der Waals surface area contributed by atoms with Crippen LogP contribution in [-0.2, 0) is 4.79 Å². The molecule has 0 atom stereocenters. The molecule has 1 aliphatic heterocycles. The van der Waals surface area contributed by atoms with Crippen LogP contribution in [0.15, 0.2) is 82.6 Å². The van der Waals surface area contributed by atoms with Gasteiger partial charge in [-0.25, -0.2) is 4.39 Å². The highest BCUT2D eigenvalue weighted by molar-refractivity contribution is 8.27. The molecule has 0 bridgehead atoms. The summed E-state index contributed by atoms with van der Waals surface area (Å²) in [6, 6.07) is 21.7. The topological polar surface area (TPSA) is 38.8 Å². The van der Waals surface area contributed by atoms with Crippen LogP contribution < -0.4 is 14.4 Å². The van der Waals surface area contributed by atoms with Crippen LogP contribution in [-0.4, -0.2) is 29.7 Å². The molecule has 4 rings (SSSR count). The highest BCUT2D eigenvalue weighted by Crippen LogP contribution is 2.38. The maximum Gasteiger partial charge on any atom is 0.270 e. The lowest BCUT2D eigenvalue weighted by Crippen LogP contribution is -2.28. The van der Waals surface area contributed by atoms with Crippen LogP contribution in [0.1, 0.15) is 5.56 Å². The molecule has 0 aliphatic carbocycles. The number of para-hydroxylation sites is 1. The minimum Gasteiger partial charge on any atom is -0.493 e. The molecule has 1 amide bonds. The van der Waals surface area contributed by atoms with Gasteiger partial charge in [-0.15, -0.1) is 11.8 Å². The van der Waals surface area contributed by atoms with Crippen LogP contribution in [0.25, 0.3) is 6.08 Å². The van der Waals surface area contributed by atoms with Crippen molar-refractivity contribution in [2.24, 2.45) is 0 Å². The SMILES string of the molecule is COc1cc(C=C2SC(=S)N(c3ccccc3F)C2=O)ccc1OCCSc1ccccc1. The molecule has 3 aromatic carbocycles. The first-order chi connectivity index (χ1) is 16.1. The summed E-state index contributed by atoms with van der Waals surface area (Å²) in [6.07, 6.45) is 1.72. The highest BCUT2D eigenvalue weighted by Gasteiger charge is 2.34. The molecular weight excluding hydrogens is 477 g/mol. The smallest absolute Gasteiger partial charge is 0.270 e. The van der Waals surface area contributed by atoms with Crippen molar-refractivity contribution in [3.63, 3.8) is 0 Å². The molecule has 168 valence electrons. The van der Waals surface area contributed by atoms with Crippen molar-refractivity contribution in [3.8, 4) is 11.5 Å². The lowest BCUT2D eigenvalue weighted by atomic mass is 10.2. The Morgan fingerprint density at radius 2 is 1.82 bits per heavy atom. The lowest BCUT2D eigenvalue weighted by Gasteiger charge is -2.15. The molecule has 0 unspecified atom stereocenters. The van der Waals surface area contributed by atoms with E-state index in [1.165, 1.54) is 21.9 Å². The van der Waals surface area contributed by atoms with Crippen LogP contribution in [0.2, 0.25) is 0 Å². The fourth-order valence-electron chi connectivity index (χ4n) is 3.18. The zero-order valence-electron chi connectivity index (χ0n) is 17.7. The van der Waals surface area contributed by atoms with Gasteiger partial charge in [0.2, 0.25) is 0 Å². The van der Waals surface area contributed by atoms with Crippen LogP contribution in [0, 0.1) is 5.82 Å². The molecule has 0 radical (unpaired) electrons. The molecule has 1 heterocycles. The van der Waals surface area contributed by atoms with Crippen molar-refractivity contribution < 1.29 is 18.7 Å². The molecule has 1 aliphatic rings. The minimum absolute atomic E-state index is 0.151. The third-order valence-electron chi connectivity index (χ3n) is 4.73. The van der Waals surface area contributed by atoms with E-state index in [1.54, 1.807) is 43.1 Å². The van der Waals surface area contributed by atoms with Crippen LogP contribution in [0.5, 0.6) is 11.5 Å². The second-order valence-electron chi connectivity index (χ2n) is 6.89. The van der Waals surface area contributed by atoms with Crippen molar-refractivity contribution in [2.45, 2.75) is 4.90 Å². The predicted octanol–water partition coefficient (Wildman–Crippen LogP) is 6.41. The van der Waals surface area contributed by atoms with Crippen LogP contribution in [0.3, 0.4) is 0 Å².